The summed E-state index contributed by atoms with van der Waals surface area (Å²) in [7, 11) is 0. The Labute approximate surface area is 160 Å². The highest BCUT2D eigenvalue weighted by Gasteiger charge is 2.28. The standard InChI is InChI=1S/C20H29FN4O2/c21-17-6-5-7-18(14-17)22-19(26)15-23-10-12-24(13-11-23)16-20(27)25-8-3-1-2-4-9-25/h5-7,14H,1-4,8-13,15-16H2,(H,22,26)/p+2. The Morgan fingerprint density at radius 1 is 0.963 bits per heavy atom. The Kier molecular flexibility index (Phi) is 7.18. The van der Waals surface area contributed by atoms with Crippen LogP contribution in [0.2, 0.25) is 0 Å². The van der Waals surface area contributed by atoms with Crippen LogP contribution in [0, 0.1) is 5.82 Å². The molecule has 3 rings (SSSR count). The Hall–Kier alpha value is -1.99. The van der Waals surface area contributed by atoms with Gasteiger partial charge in [-0.25, -0.2) is 4.39 Å². The van der Waals surface area contributed by atoms with Gasteiger partial charge in [-0.15, -0.1) is 0 Å². The average Bonchev–Trinajstić information content (AvgIpc) is 2.93. The molecule has 148 valence electrons. The van der Waals surface area contributed by atoms with Crippen molar-refractivity contribution in [3.05, 3.63) is 30.1 Å². The first-order valence-electron chi connectivity index (χ1n) is 10.1. The summed E-state index contributed by atoms with van der Waals surface area (Å²) in [4.78, 5) is 29.2. The second-order valence-corrected chi connectivity index (χ2v) is 7.71. The molecule has 0 radical (unpaired) electrons. The van der Waals surface area contributed by atoms with Gasteiger partial charge in [-0.2, -0.15) is 0 Å². The Morgan fingerprint density at radius 2 is 1.59 bits per heavy atom. The predicted octanol–water partition coefficient (Wildman–Crippen LogP) is -1.05. The summed E-state index contributed by atoms with van der Waals surface area (Å²) in [6.45, 7) is 6.32. The fraction of sp³-hybridized carbons (Fsp3) is 0.600. The van der Waals surface area contributed by atoms with Crippen molar-refractivity contribution in [2.24, 2.45) is 0 Å². The maximum Gasteiger partial charge on any atom is 0.279 e. The van der Waals surface area contributed by atoms with Crippen LogP contribution in [0.1, 0.15) is 25.7 Å². The third-order valence-electron chi connectivity index (χ3n) is 5.54. The van der Waals surface area contributed by atoms with Crippen molar-refractivity contribution >= 4 is 17.5 Å². The van der Waals surface area contributed by atoms with Crippen molar-refractivity contribution in [2.45, 2.75) is 25.7 Å². The molecule has 0 saturated carbocycles. The number of rotatable bonds is 5. The molecule has 2 amide bonds. The number of amides is 2. The number of carbonyl (C=O) groups excluding carboxylic acids is 2. The van der Waals surface area contributed by atoms with E-state index in [0.717, 1.165) is 52.1 Å². The number of benzene rings is 1. The molecule has 2 heterocycles. The van der Waals surface area contributed by atoms with Gasteiger partial charge in [0, 0.05) is 18.8 Å². The molecule has 0 unspecified atom stereocenters. The lowest BCUT2D eigenvalue weighted by molar-refractivity contribution is -1.00. The monoisotopic (exact) mass is 378 g/mol. The van der Waals surface area contributed by atoms with E-state index in [1.165, 1.54) is 34.8 Å². The van der Waals surface area contributed by atoms with E-state index in [9.17, 15) is 14.0 Å². The zero-order chi connectivity index (χ0) is 19.1. The van der Waals surface area contributed by atoms with E-state index >= 15 is 0 Å². The zero-order valence-corrected chi connectivity index (χ0v) is 15.9. The third kappa shape index (κ3) is 6.29. The van der Waals surface area contributed by atoms with Crippen LogP contribution >= 0.6 is 0 Å². The van der Waals surface area contributed by atoms with E-state index in [-0.39, 0.29) is 17.6 Å². The van der Waals surface area contributed by atoms with Crippen LogP contribution in [0.4, 0.5) is 10.1 Å². The van der Waals surface area contributed by atoms with Gasteiger partial charge in [0.25, 0.3) is 11.8 Å². The van der Waals surface area contributed by atoms with E-state index in [1.807, 2.05) is 4.90 Å². The second-order valence-electron chi connectivity index (χ2n) is 7.71. The third-order valence-corrected chi connectivity index (χ3v) is 5.54. The summed E-state index contributed by atoms with van der Waals surface area (Å²) in [5.41, 5.74) is 0.492. The van der Waals surface area contributed by atoms with E-state index < -0.39 is 0 Å². The van der Waals surface area contributed by atoms with Crippen LogP contribution in [0.3, 0.4) is 0 Å². The lowest BCUT2D eigenvalue weighted by atomic mass is 10.2. The molecule has 0 spiro atoms. The molecule has 0 aliphatic carbocycles. The number of halogens is 1. The van der Waals surface area contributed by atoms with Gasteiger partial charge in [0.2, 0.25) is 0 Å². The van der Waals surface area contributed by atoms with E-state index in [0.29, 0.717) is 18.8 Å². The number of nitrogens with one attached hydrogen (secondary N) is 3. The number of piperazine rings is 1. The van der Waals surface area contributed by atoms with Crippen molar-refractivity contribution in [2.75, 3.05) is 57.7 Å². The first-order chi connectivity index (χ1) is 13.1. The van der Waals surface area contributed by atoms with Gasteiger partial charge in [-0.3, -0.25) is 9.59 Å². The lowest BCUT2D eigenvalue weighted by Crippen LogP contribution is -3.28. The zero-order valence-electron chi connectivity index (χ0n) is 15.9. The number of nitrogens with zero attached hydrogens (tertiary/aromatic N) is 1. The molecule has 0 atom stereocenters. The molecule has 1 aromatic rings. The van der Waals surface area contributed by atoms with E-state index in [4.69, 9.17) is 0 Å². The normalized spacial score (nSPS) is 23.5. The molecule has 2 saturated heterocycles. The maximum absolute atomic E-state index is 13.2. The summed E-state index contributed by atoms with van der Waals surface area (Å²) >= 11 is 0. The molecule has 0 aromatic heterocycles. The highest BCUT2D eigenvalue weighted by atomic mass is 19.1. The molecule has 7 heteroatoms. The van der Waals surface area contributed by atoms with E-state index in [1.54, 1.807) is 12.1 Å². The molecule has 27 heavy (non-hydrogen) atoms. The smallest absolute Gasteiger partial charge is 0.279 e. The minimum absolute atomic E-state index is 0.0975. The highest BCUT2D eigenvalue weighted by Crippen LogP contribution is 2.09. The van der Waals surface area contributed by atoms with Gasteiger partial charge in [0.05, 0.1) is 0 Å². The Morgan fingerprint density at radius 3 is 2.22 bits per heavy atom. The summed E-state index contributed by atoms with van der Waals surface area (Å²) in [6.07, 6.45) is 4.71. The van der Waals surface area contributed by atoms with Gasteiger partial charge < -0.3 is 20.0 Å². The predicted molar refractivity (Wildman–Crippen MR) is 101 cm³/mol. The number of carbonyl (C=O) groups is 2. The number of likely N-dealkylation sites (tertiary alicyclic amines) is 1. The first kappa shape index (κ1) is 19.8. The maximum atomic E-state index is 13.2. The largest absolute Gasteiger partial charge is 0.338 e. The molecule has 6 nitrogen and oxygen atoms in total. The van der Waals surface area contributed by atoms with Crippen molar-refractivity contribution in [1.29, 1.82) is 0 Å². The second kappa shape index (κ2) is 9.80. The molecule has 2 aliphatic rings. The SMILES string of the molecule is O=C(C[NH+]1CC[NH+](CC(=O)N2CCCCCC2)CC1)Nc1cccc(F)c1. The molecule has 2 fully saturated rings. The van der Waals surface area contributed by atoms with Crippen molar-refractivity contribution < 1.29 is 23.8 Å². The van der Waals surface area contributed by atoms with Gasteiger partial charge in [-0.1, -0.05) is 18.9 Å². The summed E-state index contributed by atoms with van der Waals surface area (Å²) in [5, 5.41) is 2.76. The molecule has 2 aliphatic heterocycles. The van der Waals surface area contributed by atoms with Crippen molar-refractivity contribution in [3.8, 4) is 0 Å². The van der Waals surface area contributed by atoms with Crippen LogP contribution in [0.15, 0.2) is 24.3 Å². The highest BCUT2D eigenvalue weighted by molar-refractivity contribution is 5.91. The summed E-state index contributed by atoms with van der Waals surface area (Å²) < 4.78 is 13.2. The number of hydrogen-bond acceptors (Lipinski definition) is 2. The lowest BCUT2D eigenvalue weighted by Gasteiger charge is -2.30. The van der Waals surface area contributed by atoms with Crippen LogP contribution in [0.5, 0.6) is 0 Å². The Bertz CT molecular complexity index is 639. The fourth-order valence-electron chi connectivity index (χ4n) is 3.95. The summed E-state index contributed by atoms with van der Waals surface area (Å²) in [6, 6.07) is 5.95. The van der Waals surface area contributed by atoms with Crippen LogP contribution in [0.25, 0.3) is 0 Å². The quantitative estimate of drug-likeness (QED) is 0.613. The number of anilines is 1. The topological polar surface area (TPSA) is 58.3 Å². The minimum atomic E-state index is -0.355. The minimum Gasteiger partial charge on any atom is -0.338 e. The van der Waals surface area contributed by atoms with Crippen molar-refractivity contribution in [1.82, 2.24) is 4.90 Å². The van der Waals surface area contributed by atoms with Gasteiger partial charge in [0.1, 0.15) is 32.0 Å². The summed E-state index contributed by atoms with van der Waals surface area (Å²) in [5.74, 6) is -0.176. The van der Waals surface area contributed by atoms with Gasteiger partial charge in [-0.05, 0) is 31.0 Å². The fourth-order valence-corrected chi connectivity index (χ4v) is 3.95. The van der Waals surface area contributed by atoms with Crippen LogP contribution in [-0.2, 0) is 9.59 Å². The number of hydrogen-bond donors (Lipinski definition) is 3. The van der Waals surface area contributed by atoms with Crippen LogP contribution in [-0.4, -0.2) is 69.1 Å². The Balaban J connectivity index is 1.38. The van der Waals surface area contributed by atoms with Crippen molar-refractivity contribution in [3.63, 3.8) is 0 Å². The molecular formula is C20H31FN4O2+2. The molecule has 3 N–H and O–H groups in total. The van der Waals surface area contributed by atoms with Crippen LogP contribution < -0.4 is 15.1 Å². The molecular weight excluding hydrogens is 347 g/mol. The first-order valence-corrected chi connectivity index (χ1v) is 10.1. The average molecular weight is 378 g/mol. The van der Waals surface area contributed by atoms with Gasteiger partial charge >= 0.3 is 0 Å². The van der Waals surface area contributed by atoms with E-state index in [2.05, 4.69) is 5.32 Å². The molecule has 0 bridgehead atoms. The van der Waals surface area contributed by atoms with Gasteiger partial charge in [0.15, 0.2) is 13.1 Å². The molecule has 1 aromatic carbocycles. The number of quaternary nitrogens is 2.